The summed E-state index contributed by atoms with van der Waals surface area (Å²) in [6, 6.07) is 0. The van der Waals surface area contributed by atoms with Crippen LogP contribution >= 0.6 is 0 Å². The summed E-state index contributed by atoms with van der Waals surface area (Å²) in [7, 11) is 0. The number of carbonyl (C=O) groups is 1. The number of hydrogen-bond acceptors (Lipinski definition) is 3. The molecule has 92 valence electrons. The second-order valence-electron chi connectivity index (χ2n) is 3.56. The van der Waals surface area contributed by atoms with Gasteiger partial charge in [0.2, 0.25) is 0 Å². The van der Waals surface area contributed by atoms with Crippen LogP contribution in [0.1, 0.15) is 52.9 Å². The van der Waals surface area contributed by atoms with Crippen LogP contribution in [0.5, 0.6) is 0 Å². The summed E-state index contributed by atoms with van der Waals surface area (Å²) >= 11 is 0. The molecule has 0 aliphatic carbocycles. The molecule has 0 saturated carbocycles. The molecule has 2 N–H and O–H groups in total. The zero-order valence-electron chi connectivity index (χ0n) is 10.5. The molecular formula is C12H27NO2. The van der Waals surface area contributed by atoms with E-state index in [0.717, 1.165) is 12.5 Å². The van der Waals surface area contributed by atoms with Gasteiger partial charge in [-0.3, -0.25) is 4.79 Å². The van der Waals surface area contributed by atoms with Gasteiger partial charge in [0.25, 0.3) is 6.47 Å². The summed E-state index contributed by atoms with van der Waals surface area (Å²) in [5.41, 5.74) is 5.57. The van der Waals surface area contributed by atoms with Gasteiger partial charge < -0.3 is 10.5 Å². The van der Waals surface area contributed by atoms with E-state index in [0.29, 0.717) is 13.1 Å². The quantitative estimate of drug-likeness (QED) is 0.502. The van der Waals surface area contributed by atoms with Crippen LogP contribution in [0, 0.1) is 5.92 Å². The number of ether oxygens (including phenoxy) is 1. The fourth-order valence-electron chi connectivity index (χ4n) is 1.24. The first-order valence-corrected chi connectivity index (χ1v) is 6.01. The minimum Gasteiger partial charge on any atom is -0.468 e. The molecule has 0 saturated heterocycles. The topological polar surface area (TPSA) is 52.3 Å². The highest BCUT2D eigenvalue weighted by Gasteiger charge is 2.01. The smallest absolute Gasteiger partial charge is 0.293 e. The highest BCUT2D eigenvalue weighted by atomic mass is 16.5. The van der Waals surface area contributed by atoms with Crippen LogP contribution < -0.4 is 5.73 Å². The van der Waals surface area contributed by atoms with Crippen LogP contribution in [0.4, 0.5) is 0 Å². The van der Waals surface area contributed by atoms with E-state index < -0.39 is 0 Å². The average molecular weight is 217 g/mol. The molecule has 1 unspecified atom stereocenters. The third-order valence-corrected chi connectivity index (χ3v) is 2.36. The highest BCUT2D eigenvalue weighted by molar-refractivity contribution is 5.36. The van der Waals surface area contributed by atoms with Crippen molar-refractivity contribution in [3.8, 4) is 0 Å². The van der Waals surface area contributed by atoms with Crippen LogP contribution in [0.25, 0.3) is 0 Å². The average Bonchev–Trinajstić information content (AvgIpc) is 2.27. The lowest BCUT2D eigenvalue weighted by molar-refractivity contribution is -0.128. The van der Waals surface area contributed by atoms with E-state index in [9.17, 15) is 4.79 Å². The van der Waals surface area contributed by atoms with E-state index in [1.165, 1.54) is 32.1 Å². The van der Waals surface area contributed by atoms with Gasteiger partial charge in [0.15, 0.2) is 0 Å². The lowest BCUT2D eigenvalue weighted by Crippen LogP contribution is -2.12. The maximum atomic E-state index is 9.18. The molecule has 0 aromatic heterocycles. The SMILES string of the molecule is CCCCCC(CC)CN.CCOC=O. The number of unbranched alkanes of at least 4 members (excludes halogenated alkanes) is 2. The lowest BCUT2D eigenvalue weighted by atomic mass is 9.99. The van der Waals surface area contributed by atoms with Gasteiger partial charge in [-0.25, -0.2) is 0 Å². The largest absolute Gasteiger partial charge is 0.468 e. The fourth-order valence-corrected chi connectivity index (χ4v) is 1.24. The van der Waals surface area contributed by atoms with E-state index in [-0.39, 0.29) is 0 Å². The molecule has 3 nitrogen and oxygen atoms in total. The molecular weight excluding hydrogens is 190 g/mol. The minimum atomic E-state index is 0.431. The van der Waals surface area contributed by atoms with Gasteiger partial charge in [0, 0.05) is 0 Å². The second kappa shape index (κ2) is 15.9. The number of hydrogen-bond donors (Lipinski definition) is 1. The van der Waals surface area contributed by atoms with Crippen molar-refractivity contribution in [2.24, 2.45) is 11.7 Å². The normalized spacial score (nSPS) is 11.2. The molecule has 0 aliphatic rings. The molecule has 0 aromatic carbocycles. The Labute approximate surface area is 94.4 Å². The fraction of sp³-hybridized carbons (Fsp3) is 0.917. The predicted molar refractivity (Wildman–Crippen MR) is 64.7 cm³/mol. The molecule has 0 fully saturated rings. The molecule has 0 spiro atoms. The van der Waals surface area contributed by atoms with Crippen molar-refractivity contribution in [3.63, 3.8) is 0 Å². The maximum Gasteiger partial charge on any atom is 0.293 e. The summed E-state index contributed by atoms with van der Waals surface area (Å²) in [5, 5.41) is 0. The van der Waals surface area contributed by atoms with Crippen molar-refractivity contribution in [2.75, 3.05) is 13.2 Å². The van der Waals surface area contributed by atoms with Crippen molar-refractivity contribution >= 4 is 6.47 Å². The van der Waals surface area contributed by atoms with Crippen molar-refractivity contribution < 1.29 is 9.53 Å². The van der Waals surface area contributed by atoms with Crippen molar-refractivity contribution in [2.45, 2.75) is 52.9 Å². The van der Waals surface area contributed by atoms with Gasteiger partial charge in [0.1, 0.15) is 0 Å². The monoisotopic (exact) mass is 217 g/mol. The Hall–Kier alpha value is -0.570. The first kappa shape index (κ1) is 16.8. The van der Waals surface area contributed by atoms with Crippen LogP contribution in [0.2, 0.25) is 0 Å². The molecule has 15 heavy (non-hydrogen) atoms. The third-order valence-electron chi connectivity index (χ3n) is 2.36. The van der Waals surface area contributed by atoms with Gasteiger partial charge in [0.05, 0.1) is 6.61 Å². The Morgan fingerprint density at radius 1 is 1.27 bits per heavy atom. The van der Waals surface area contributed by atoms with Crippen molar-refractivity contribution in [3.05, 3.63) is 0 Å². The summed E-state index contributed by atoms with van der Waals surface area (Å²) in [6.45, 7) is 8.00. The van der Waals surface area contributed by atoms with E-state index in [4.69, 9.17) is 5.73 Å². The molecule has 0 aromatic rings. The minimum absolute atomic E-state index is 0.431. The summed E-state index contributed by atoms with van der Waals surface area (Å²) < 4.78 is 4.15. The van der Waals surface area contributed by atoms with Gasteiger partial charge in [-0.15, -0.1) is 0 Å². The van der Waals surface area contributed by atoms with Gasteiger partial charge in [-0.2, -0.15) is 0 Å². The van der Waals surface area contributed by atoms with Crippen LogP contribution in [0.15, 0.2) is 0 Å². The van der Waals surface area contributed by atoms with Gasteiger partial charge in [-0.1, -0.05) is 39.5 Å². The predicted octanol–water partition coefficient (Wildman–Crippen LogP) is 2.73. The van der Waals surface area contributed by atoms with E-state index >= 15 is 0 Å². The number of rotatable bonds is 8. The van der Waals surface area contributed by atoms with E-state index in [1.54, 1.807) is 6.92 Å². The molecule has 0 radical (unpaired) electrons. The molecule has 3 heteroatoms. The number of carbonyl (C=O) groups excluding carboxylic acids is 1. The molecule has 0 rings (SSSR count). The zero-order chi connectivity index (χ0) is 11.9. The summed E-state index contributed by atoms with van der Waals surface area (Å²) in [5.74, 6) is 0.784. The molecule has 0 aliphatic heterocycles. The summed E-state index contributed by atoms with van der Waals surface area (Å²) in [4.78, 5) is 9.18. The Bertz CT molecular complexity index is 114. The second-order valence-corrected chi connectivity index (χ2v) is 3.56. The molecule has 0 heterocycles. The maximum absolute atomic E-state index is 9.18. The van der Waals surface area contributed by atoms with Gasteiger partial charge >= 0.3 is 0 Å². The Kier molecular flexibility index (Phi) is 17.8. The molecule has 1 atom stereocenters. The van der Waals surface area contributed by atoms with Crippen LogP contribution in [0.3, 0.4) is 0 Å². The van der Waals surface area contributed by atoms with E-state index in [1.807, 2.05) is 0 Å². The number of nitrogens with two attached hydrogens (primary N) is 1. The Morgan fingerprint density at radius 2 is 1.93 bits per heavy atom. The van der Waals surface area contributed by atoms with Crippen molar-refractivity contribution in [1.82, 2.24) is 0 Å². The Morgan fingerprint density at radius 3 is 2.20 bits per heavy atom. The standard InChI is InChI=1S/C9H21N.C3H6O2/c1-3-5-6-7-9(4-2)8-10;1-2-5-3-4/h9H,3-8,10H2,1-2H3;3H,2H2,1H3. The molecule has 0 bridgehead atoms. The third kappa shape index (κ3) is 16.1. The van der Waals surface area contributed by atoms with Gasteiger partial charge in [-0.05, 0) is 25.8 Å². The Balaban J connectivity index is 0. The van der Waals surface area contributed by atoms with Crippen molar-refractivity contribution in [1.29, 1.82) is 0 Å². The summed E-state index contributed by atoms with van der Waals surface area (Å²) in [6.07, 6.45) is 6.64. The highest BCUT2D eigenvalue weighted by Crippen LogP contribution is 2.11. The van der Waals surface area contributed by atoms with E-state index in [2.05, 4.69) is 18.6 Å². The molecule has 0 amide bonds. The first-order chi connectivity index (χ1) is 7.26. The van der Waals surface area contributed by atoms with Crippen LogP contribution in [-0.2, 0) is 9.53 Å². The van der Waals surface area contributed by atoms with Crippen LogP contribution in [-0.4, -0.2) is 19.6 Å². The zero-order valence-corrected chi connectivity index (χ0v) is 10.5. The lowest BCUT2D eigenvalue weighted by Gasteiger charge is -2.10. The first-order valence-electron chi connectivity index (χ1n) is 6.01.